The lowest BCUT2D eigenvalue weighted by atomic mass is 10.3. The molecule has 5 nitrogen and oxygen atoms in total. The maximum atomic E-state index is 11.5. The molecule has 0 bridgehead atoms. The van der Waals surface area contributed by atoms with Crippen LogP contribution in [0.4, 0.5) is 0 Å². The maximum Gasteiger partial charge on any atom is 0.340 e. The van der Waals surface area contributed by atoms with Crippen LogP contribution in [0.5, 0.6) is 0 Å². The highest BCUT2D eigenvalue weighted by Crippen LogP contribution is 2.19. The largest absolute Gasteiger partial charge is 0.452 e. The van der Waals surface area contributed by atoms with Crippen LogP contribution in [0.25, 0.3) is 0 Å². The molecule has 0 fully saturated rings. The third kappa shape index (κ3) is 4.50. The summed E-state index contributed by atoms with van der Waals surface area (Å²) < 4.78 is 4.79. The van der Waals surface area contributed by atoms with E-state index in [1.165, 1.54) is 12.3 Å². The van der Waals surface area contributed by atoms with Crippen molar-refractivity contribution in [2.45, 2.75) is 13.3 Å². The molecule has 0 saturated heterocycles. The van der Waals surface area contributed by atoms with Crippen LogP contribution in [-0.2, 0) is 9.53 Å². The lowest BCUT2D eigenvalue weighted by Gasteiger charge is -2.05. The first-order valence-corrected chi connectivity index (χ1v) is 6.05. The van der Waals surface area contributed by atoms with E-state index >= 15 is 0 Å². The summed E-state index contributed by atoms with van der Waals surface area (Å²) in [6.45, 7) is 2.14. The van der Waals surface area contributed by atoms with Crippen molar-refractivity contribution >= 4 is 35.1 Å². The molecule has 1 N–H and O–H groups in total. The molecular formula is C11H12Cl2N2O3. The second-order valence-electron chi connectivity index (χ2n) is 3.42. The number of carbonyl (C=O) groups is 2. The number of aromatic nitrogens is 1. The zero-order chi connectivity index (χ0) is 13.5. The highest BCUT2D eigenvalue weighted by Gasteiger charge is 2.12. The highest BCUT2D eigenvalue weighted by atomic mass is 35.5. The third-order valence-electron chi connectivity index (χ3n) is 1.94. The molecule has 0 aliphatic carbocycles. The zero-order valence-electron chi connectivity index (χ0n) is 9.70. The van der Waals surface area contributed by atoms with E-state index in [4.69, 9.17) is 27.9 Å². The van der Waals surface area contributed by atoms with Crippen LogP contribution in [0, 0.1) is 0 Å². The predicted octanol–water partition coefficient (Wildman–Crippen LogP) is 2.07. The molecule has 0 atom stereocenters. The first kappa shape index (κ1) is 14.7. The summed E-state index contributed by atoms with van der Waals surface area (Å²) in [6, 6.07) is 1.34. The zero-order valence-corrected chi connectivity index (χ0v) is 11.2. The monoisotopic (exact) mass is 290 g/mol. The van der Waals surface area contributed by atoms with Crippen LogP contribution in [0.15, 0.2) is 12.3 Å². The normalized spacial score (nSPS) is 9.94. The molecule has 1 aromatic rings. The van der Waals surface area contributed by atoms with E-state index in [1.807, 2.05) is 6.92 Å². The number of hydrogen-bond donors (Lipinski definition) is 1. The second kappa shape index (κ2) is 7.18. The molecule has 18 heavy (non-hydrogen) atoms. The van der Waals surface area contributed by atoms with Gasteiger partial charge >= 0.3 is 5.97 Å². The van der Waals surface area contributed by atoms with E-state index < -0.39 is 5.97 Å². The van der Waals surface area contributed by atoms with Gasteiger partial charge in [0.05, 0.1) is 10.6 Å². The van der Waals surface area contributed by atoms with Gasteiger partial charge in [-0.05, 0) is 12.5 Å². The fourth-order valence-electron chi connectivity index (χ4n) is 1.06. The molecule has 0 aliphatic heterocycles. The van der Waals surface area contributed by atoms with Crippen molar-refractivity contribution in [3.63, 3.8) is 0 Å². The first-order chi connectivity index (χ1) is 8.54. The molecule has 7 heteroatoms. The van der Waals surface area contributed by atoms with Crippen LogP contribution >= 0.6 is 23.2 Å². The Kier molecular flexibility index (Phi) is 5.88. The Morgan fingerprint density at radius 1 is 1.44 bits per heavy atom. The molecule has 98 valence electrons. The van der Waals surface area contributed by atoms with E-state index in [0.29, 0.717) is 6.54 Å². The van der Waals surface area contributed by atoms with Crippen LogP contribution in [0.2, 0.25) is 10.2 Å². The molecule has 0 unspecified atom stereocenters. The van der Waals surface area contributed by atoms with Crippen molar-refractivity contribution in [2.75, 3.05) is 13.2 Å². The van der Waals surface area contributed by atoms with Crippen molar-refractivity contribution in [1.29, 1.82) is 0 Å². The molecule has 1 amide bonds. The molecule has 0 radical (unpaired) electrons. The van der Waals surface area contributed by atoms with Crippen molar-refractivity contribution in [2.24, 2.45) is 0 Å². The summed E-state index contributed by atoms with van der Waals surface area (Å²) in [5, 5.41) is 2.84. The van der Waals surface area contributed by atoms with Gasteiger partial charge in [0.25, 0.3) is 5.91 Å². The van der Waals surface area contributed by atoms with E-state index in [2.05, 4.69) is 10.3 Å². The number of nitrogens with one attached hydrogen (secondary N) is 1. The Bertz CT molecular complexity index is 452. The number of nitrogens with zero attached hydrogens (tertiary/aromatic N) is 1. The molecule has 1 heterocycles. The number of carbonyl (C=O) groups excluding carboxylic acids is 2. The average Bonchev–Trinajstić information content (AvgIpc) is 2.36. The van der Waals surface area contributed by atoms with E-state index in [-0.39, 0.29) is 28.3 Å². The lowest BCUT2D eigenvalue weighted by Crippen LogP contribution is -2.29. The summed E-state index contributed by atoms with van der Waals surface area (Å²) in [5.41, 5.74) is 0.146. The summed E-state index contributed by atoms with van der Waals surface area (Å²) >= 11 is 11.3. The topological polar surface area (TPSA) is 68.3 Å². The summed E-state index contributed by atoms with van der Waals surface area (Å²) in [4.78, 5) is 26.5. The Morgan fingerprint density at radius 2 is 2.17 bits per heavy atom. The number of ether oxygens (including phenoxy) is 1. The Hall–Kier alpha value is -1.33. The van der Waals surface area contributed by atoms with Crippen molar-refractivity contribution in [3.05, 3.63) is 28.0 Å². The van der Waals surface area contributed by atoms with Crippen LogP contribution in [0.3, 0.4) is 0 Å². The maximum absolute atomic E-state index is 11.5. The van der Waals surface area contributed by atoms with Crippen LogP contribution in [0.1, 0.15) is 23.7 Å². The molecule has 1 rings (SSSR count). The first-order valence-electron chi connectivity index (χ1n) is 5.29. The lowest BCUT2D eigenvalue weighted by molar-refractivity contribution is -0.124. The molecule has 0 spiro atoms. The summed E-state index contributed by atoms with van der Waals surface area (Å²) in [6.07, 6.45) is 2.05. The smallest absolute Gasteiger partial charge is 0.340 e. The van der Waals surface area contributed by atoms with Crippen molar-refractivity contribution < 1.29 is 14.3 Å². The molecule has 0 aromatic carbocycles. The van der Waals surface area contributed by atoms with Gasteiger partial charge in [-0.1, -0.05) is 30.1 Å². The molecule has 1 aromatic heterocycles. The minimum absolute atomic E-state index is 0.105. The number of hydrogen-bond acceptors (Lipinski definition) is 4. The van der Waals surface area contributed by atoms with Gasteiger partial charge in [-0.3, -0.25) is 4.79 Å². The Balaban J connectivity index is 2.50. The fourth-order valence-corrected chi connectivity index (χ4v) is 1.33. The Morgan fingerprint density at radius 3 is 2.78 bits per heavy atom. The average molecular weight is 291 g/mol. The predicted molar refractivity (Wildman–Crippen MR) is 67.8 cm³/mol. The molecule has 0 saturated carbocycles. The van der Waals surface area contributed by atoms with Gasteiger partial charge in [0.15, 0.2) is 6.61 Å². The van der Waals surface area contributed by atoms with Gasteiger partial charge in [-0.2, -0.15) is 0 Å². The van der Waals surface area contributed by atoms with Gasteiger partial charge in [0.2, 0.25) is 0 Å². The van der Waals surface area contributed by atoms with E-state index in [9.17, 15) is 9.59 Å². The minimum atomic E-state index is -0.673. The SMILES string of the molecule is CCCNC(=O)COC(=O)c1cnc(Cl)c(Cl)c1. The van der Waals surface area contributed by atoms with Gasteiger partial charge in [-0.15, -0.1) is 0 Å². The number of amides is 1. The van der Waals surface area contributed by atoms with Crippen molar-refractivity contribution in [1.82, 2.24) is 10.3 Å². The third-order valence-corrected chi connectivity index (χ3v) is 2.62. The summed E-state index contributed by atoms with van der Waals surface area (Å²) in [5.74, 6) is -1.02. The van der Waals surface area contributed by atoms with E-state index in [1.54, 1.807) is 0 Å². The number of pyridine rings is 1. The van der Waals surface area contributed by atoms with Gasteiger partial charge in [-0.25, -0.2) is 9.78 Å². The standard InChI is InChI=1S/C11H12Cl2N2O3/c1-2-3-14-9(16)6-18-11(17)7-4-8(12)10(13)15-5-7/h4-5H,2-3,6H2,1H3,(H,14,16). The highest BCUT2D eigenvalue weighted by molar-refractivity contribution is 6.41. The van der Waals surface area contributed by atoms with Gasteiger partial charge in [0, 0.05) is 12.7 Å². The molecular weight excluding hydrogens is 279 g/mol. The van der Waals surface area contributed by atoms with Gasteiger partial charge < -0.3 is 10.1 Å². The van der Waals surface area contributed by atoms with E-state index in [0.717, 1.165) is 6.42 Å². The van der Waals surface area contributed by atoms with Gasteiger partial charge in [0.1, 0.15) is 5.15 Å². The Labute approximate surface area is 114 Å². The number of halogens is 2. The summed E-state index contributed by atoms with van der Waals surface area (Å²) in [7, 11) is 0. The fraction of sp³-hybridized carbons (Fsp3) is 0.364. The van der Waals surface area contributed by atoms with Crippen LogP contribution < -0.4 is 5.32 Å². The number of esters is 1. The minimum Gasteiger partial charge on any atom is -0.452 e. The van der Waals surface area contributed by atoms with Crippen molar-refractivity contribution in [3.8, 4) is 0 Å². The quantitative estimate of drug-likeness (QED) is 0.666. The molecule has 0 aliphatic rings. The second-order valence-corrected chi connectivity index (χ2v) is 4.19. The van der Waals surface area contributed by atoms with Crippen LogP contribution in [-0.4, -0.2) is 30.0 Å². The number of rotatable bonds is 5.